The van der Waals surface area contributed by atoms with Gasteiger partial charge in [-0.05, 0) is 19.9 Å². The number of nitrogens with one attached hydrogen (secondary N) is 1. The third-order valence-corrected chi connectivity index (χ3v) is 2.81. The molecule has 0 aliphatic carbocycles. The summed E-state index contributed by atoms with van der Waals surface area (Å²) in [6, 6.07) is 1.89. The van der Waals surface area contributed by atoms with Crippen LogP contribution in [0.5, 0.6) is 0 Å². The first-order valence-electron chi connectivity index (χ1n) is 5.59. The summed E-state index contributed by atoms with van der Waals surface area (Å²) in [5, 5.41) is 0. The van der Waals surface area contributed by atoms with Gasteiger partial charge in [-0.3, -0.25) is 0 Å². The fourth-order valence-electron chi connectivity index (χ4n) is 1.99. The van der Waals surface area contributed by atoms with E-state index in [-0.39, 0.29) is 0 Å². The van der Waals surface area contributed by atoms with Crippen molar-refractivity contribution in [1.82, 2.24) is 4.98 Å². The Bertz CT molecular complexity index is 480. The van der Waals surface area contributed by atoms with Crippen molar-refractivity contribution in [1.29, 1.82) is 0 Å². The Kier molecular flexibility index (Phi) is 2.99. The molecule has 0 amide bonds. The van der Waals surface area contributed by atoms with Crippen LogP contribution in [0.3, 0.4) is 0 Å². The maximum absolute atomic E-state index is 10.7. The largest absolute Gasteiger partial charge is 0.439 e. The van der Waals surface area contributed by atoms with E-state index in [1.54, 1.807) is 0 Å². The SMILES string of the molecule is CCN(CC)c1oc2cc[nH]c2c1CC=O. The number of furan rings is 1. The van der Waals surface area contributed by atoms with Crippen LogP contribution in [0.25, 0.3) is 11.1 Å². The summed E-state index contributed by atoms with van der Waals surface area (Å²) in [6.07, 6.45) is 3.13. The molecule has 86 valence electrons. The average Bonchev–Trinajstić information content (AvgIpc) is 2.84. The summed E-state index contributed by atoms with van der Waals surface area (Å²) in [5.74, 6) is 0.818. The van der Waals surface area contributed by atoms with Crippen molar-refractivity contribution in [3.05, 3.63) is 17.8 Å². The molecule has 0 fully saturated rings. The minimum absolute atomic E-state index is 0.388. The molecule has 4 heteroatoms. The summed E-state index contributed by atoms with van der Waals surface area (Å²) in [4.78, 5) is 16.0. The minimum atomic E-state index is 0.388. The lowest BCUT2D eigenvalue weighted by atomic mass is 10.2. The zero-order valence-corrected chi connectivity index (χ0v) is 9.62. The van der Waals surface area contributed by atoms with Crippen LogP contribution in [0.4, 0.5) is 5.88 Å². The van der Waals surface area contributed by atoms with Crippen LogP contribution in [0.2, 0.25) is 0 Å². The molecule has 1 N–H and O–H groups in total. The van der Waals surface area contributed by atoms with Gasteiger partial charge >= 0.3 is 0 Å². The molecule has 16 heavy (non-hydrogen) atoms. The first kappa shape index (κ1) is 10.8. The predicted molar refractivity (Wildman–Crippen MR) is 63.9 cm³/mol. The number of aldehydes is 1. The molecule has 2 aromatic rings. The number of aromatic nitrogens is 1. The lowest BCUT2D eigenvalue weighted by Crippen LogP contribution is -2.22. The van der Waals surface area contributed by atoms with Gasteiger partial charge in [-0.2, -0.15) is 0 Å². The van der Waals surface area contributed by atoms with E-state index in [1.165, 1.54) is 0 Å². The number of hydrogen-bond acceptors (Lipinski definition) is 3. The molecule has 0 radical (unpaired) electrons. The molecule has 2 heterocycles. The number of fused-ring (bicyclic) bond motifs is 1. The smallest absolute Gasteiger partial charge is 0.202 e. The second-order valence-corrected chi connectivity index (χ2v) is 3.65. The lowest BCUT2D eigenvalue weighted by molar-refractivity contribution is -0.107. The molecule has 0 aliphatic rings. The number of aromatic amines is 1. The Balaban J connectivity index is 2.53. The zero-order valence-electron chi connectivity index (χ0n) is 9.62. The lowest BCUT2D eigenvalue weighted by Gasteiger charge is -2.18. The molecular weight excluding hydrogens is 204 g/mol. The highest BCUT2D eigenvalue weighted by molar-refractivity contribution is 5.85. The van der Waals surface area contributed by atoms with Crippen molar-refractivity contribution in [2.45, 2.75) is 20.3 Å². The second kappa shape index (κ2) is 4.43. The van der Waals surface area contributed by atoms with E-state index < -0.39 is 0 Å². The van der Waals surface area contributed by atoms with Crippen LogP contribution < -0.4 is 4.90 Å². The van der Waals surface area contributed by atoms with Crippen molar-refractivity contribution in [3.63, 3.8) is 0 Å². The molecule has 0 aromatic carbocycles. The van der Waals surface area contributed by atoms with Crippen LogP contribution in [0, 0.1) is 0 Å². The highest BCUT2D eigenvalue weighted by Gasteiger charge is 2.18. The van der Waals surface area contributed by atoms with Crippen molar-refractivity contribution in [2.75, 3.05) is 18.0 Å². The predicted octanol–water partition coefficient (Wildman–Crippen LogP) is 2.35. The van der Waals surface area contributed by atoms with Gasteiger partial charge in [0, 0.05) is 31.3 Å². The van der Waals surface area contributed by atoms with Gasteiger partial charge in [0.2, 0.25) is 5.88 Å². The number of H-pyrrole nitrogens is 1. The molecule has 0 saturated carbocycles. The molecular formula is C12H16N2O2. The van der Waals surface area contributed by atoms with Gasteiger partial charge in [-0.25, -0.2) is 0 Å². The summed E-state index contributed by atoms with van der Waals surface area (Å²) in [5.41, 5.74) is 2.71. The maximum atomic E-state index is 10.7. The standard InChI is InChI=1S/C12H16N2O2/c1-3-14(4-2)12-9(6-8-15)11-10(16-12)5-7-13-11/h5,7-8,13H,3-4,6H2,1-2H3. The van der Waals surface area contributed by atoms with Gasteiger partial charge in [0.15, 0.2) is 5.58 Å². The van der Waals surface area contributed by atoms with Crippen LogP contribution in [0.15, 0.2) is 16.7 Å². The topological polar surface area (TPSA) is 49.2 Å². The molecule has 0 aliphatic heterocycles. The van der Waals surface area contributed by atoms with Crippen LogP contribution >= 0.6 is 0 Å². The zero-order chi connectivity index (χ0) is 11.5. The second-order valence-electron chi connectivity index (χ2n) is 3.65. The van der Waals surface area contributed by atoms with Gasteiger partial charge in [0.1, 0.15) is 6.29 Å². The van der Waals surface area contributed by atoms with E-state index >= 15 is 0 Å². The Morgan fingerprint density at radius 3 is 2.81 bits per heavy atom. The average molecular weight is 220 g/mol. The van der Waals surface area contributed by atoms with E-state index in [0.717, 1.165) is 41.9 Å². The Hall–Kier alpha value is -1.71. The first-order chi connectivity index (χ1) is 7.81. The number of hydrogen-bond donors (Lipinski definition) is 1. The molecule has 2 aromatic heterocycles. The molecule has 0 atom stereocenters. The quantitative estimate of drug-likeness (QED) is 0.787. The van der Waals surface area contributed by atoms with Crippen molar-refractivity contribution >= 4 is 23.3 Å². The number of carbonyl (C=O) groups is 1. The summed E-state index contributed by atoms with van der Waals surface area (Å²) < 4.78 is 5.77. The van der Waals surface area contributed by atoms with Crippen LogP contribution in [0.1, 0.15) is 19.4 Å². The Morgan fingerprint density at radius 1 is 1.44 bits per heavy atom. The first-order valence-corrected chi connectivity index (χ1v) is 5.59. The van der Waals surface area contributed by atoms with Gasteiger partial charge in [-0.15, -0.1) is 0 Å². The van der Waals surface area contributed by atoms with E-state index in [4.69, 9.17) is 4.42 Å². The third kappa shape index (κ3) is 1.60. The van der Waals surface area contributed by atoms with Crippen LogP contribution in [-0.4, -0.2) is 24.4 Å². The summed E-state index contributed by atoms with van der Waals surface area (Å²) in [7, 11) is 0. The van der Waals surface area contributed by atoms with E-state index in [9.17, 15) is 4.79 Å². The third-order valence-electron chi connectivity index (χ3n) is 2.81. The molecule has 0 saturated heterocycles. The summed E-state index contributed by atoms with van der Waals surface area (Å²) in [6.45, 7) is 5.90. The van der Waals surface area contributed by atoms with Gasteiger partial charge in [0.05, 0.1) is 5.52 Å². The molecule has 0 spiro atoms. The van der Waals surface area contributed by atoms with E-state index in [0.29, 0.717) is 6.42 Å². The van der Waals surface area contributed by atoms with Crippen molar-refractivity contribution in [2.24, 2.45) is 0 Å². The highest BCUT2D eigenvalue weighted by atomic mass is 16.4. The Morgan fingerprint density at radius 2 is 2.19 bits per heavy atom. The normalized spacial score (nSPS) is 10.9. The summed E-state index contributed by atoms with van der Waals surface area (Å²) >= 11 is 0. The number of nitrogens with zero attached hydrogens (tertiary/aromatic N) is 1. The maximum Gasteiger partial charge on any atom is 0.202 e. The van der Waals surface area contributed by atoms with Gasteiger partial charge in [-0.1, -0.05) is 0 Å². The Labute approximate surface area is 94.2 Å². The fourth-order valence-corrected chi connectivity index (χ4v) is 1.99. The van der Waals surface area contributed by atoms with E-state index in [1.807, 2.05) is 12.3 Å². The number of anilines is 1. The molecule has 0 unspecified atom stereocenters. The van der Waals surface area contributed by atoms with Gasteiger partial charge < -0.3 is 19.1 Å². The number of carbonyl (C=O) groups excluding carboxylic acids is 1. The molecule has 2 rings (SSSR count). The fraction of sp³-hybridized carbons (Fsp3) is 0.417. The van der Waals surface area contributed by atoms with Gasteiger partial charge in [0.25, 0.3) is 0 Å². The number of rotatable bonds is 5. The highest BCUT2D eigenvalue weighted by Crippen LogP contribution is 2.31. The minimum Gasteiger partial charge on any atom is -0.439 e. The van der Waals surface area contributed by atoms with Crippen molar-refractivity contribution in [3.8, 4) is 0 Å². The van der Waals surface area contributed by atoms with Crippen LogP contribution in [-0.2, 0) is 11.2 Å². The molecule has 4 nitrogen and oxygen atoms in total. The molecule has 0 bridgehead atoms. The van der Waals surface area contributed by atoms with Crippen molar-refractivity contribution < 1.29 is 9.21 Å². The monoisotopic (exact) mass is 220 g/mol. The van der Waals surface area contributed by atoms with E-state index in [2.05, 4.69) is 23.7 Å².